The molecule has 2 atom stereocenters. The van der Waals surface area contributed by atoms with Crippen molar-refractivity contribution >= 4 is 5.91 Å². The van der Waals surface area contributed by atoms with Crippen LogP contribution in [0.5, 0.6) is 0 Å². The van der Waals surface area contributed by atoms with E-state index in [0.29, 0.717) is 12.2 Å². The third-order valence-electron chi connectivity index (χ3n) is 3.71. The molecule has 0 heterocycles. The number of hydrogen-bond acceptors (Lipinski definition) is 3. The van der Waals surface area contributed by atoms with Gasteiger partial charge in [0.05, 0.1) is 6.61 Å². The summed E-state index contributed by atoms with van der Waals surface area (Å²) in [5.74, 6) is 0.134. The van der Waals surface area contributed by atoms with E-state index in [2.05, 4.69) is 5.32 Å². The molecule has 0 aliphatic heterocycles. The van der Waals surface area contributed by atoms with Crippen molar-refractivity contribution < 1.29 is 14.6 Å². The van der Waals surface area contributed by atoms with E-state index >= 15 is 0 Å². The number of methoxy groups -OCH3 is 1. The zero-order chi connectivity index (χ0) is 13.7. The Kier molecular flexibility index (Phi) is 4.93. The average Bonchev–Trinajstić information content (AvgIpc) is 2.86. The van der Waals surface area contributed by atoms with Crippen molar-refractivity contribution in [1.82, 2.24) is 5.32 Å². The molecule has 1 aliphatic rings. The van der Waals surface area contributed by atoms with Crippen molar-refractivity contribution in [2.75, 3.05) is 13.7 Å². The van der Waals surface area contributed by atoms with Gasteiger partial charge in [0.15, 0.2) is 0 Å². The Bertz CT molecular complexity index is 433. The summed E-state index contributed by atoms with van der Waals surface area (Å²) < 4.78 is 5.07. The molecule has 4 heteroatoms. The maximum atomic E-state index is 12.2. The van der Waals surface area contributed by atoms with Gasteiger partial charge in [-0.05, 0) is 30.5 Å². The lowest BCUT2D eigenvalue weighted by Gasteiger charge is -2.19. The Balaban J connectivity index is 2.01. The van der Waals surface area contributed by atoms with Crippen molar-refractivity contribution in [3.63, 3.8) is 0 Å². The lowest BCUT2D eigenvalue weighted by atomic mass is 10.0. The van der Waals surface area contributed by atoms with E-state index in [1.54, 1.807) is 13.2 Å². The minimum absolute atomic E-state index is 0.0664. The van der Waals surface area contributed by atoms with Gasteiger partial charge in [-0.3, -0.25) is 4.79 Å². The number of amides is 1. The molecule has 1 aromatic carbocycles. The highest BCUT2D eigenvalue weighted by atomic mass is 16.5. The van der Waals surface area contributed by atoms with E-state index in [1.807, 2.05) is 18.2 Å². The second-order valence-electron chi connectivity index (χ2n) is 5.09. The molecule has 1 saturated carbocycles. The molecular formula is C15H21NO3. The zero-order valence-electron chi connectivity index (χ0n) is 11.3. The molecule has 104 valence electrons. The molecule has 0 bridgehead atoms. The molecule has 1 amide bonds. The van der Waals surface area contributed by atoms with Crippen LogP contribution in [0.2, 0.25) is 0 Å². The highest BCUT2D eigenvalue weighted by Gasteiger charge is 2.28. The lowest BCUT2D eigenvalue weighted by molar-refractivity contribution is 0.0915. The first-order valence-electron chi connectivity index (χ1n) is 6.74. The number of nitrogens with one attached hydrogen (secondary N) is 1. The van der Waals surface area contributed by atoms with Crippen LogP contribution in [0.15, 0.2) is 24.3 Å². The van der Waals surface area contributed by atoms with Gasteiger partial charge < -0.3 is 15.2 Å². The number of hydrogen-bond donors (Lipinski definition) is 2. The van der Waals surface area contributed by atoms with Gasteiger partial charge in [-0.1, -0.05) is 18.6 Å². The van der Waals surface area contributed by atoms with Crippen LogP contribution < -0.4 is 5.32 Å². The average molecular weight is 263 g/mol. The van der Waals surface area contributed by atoms with Crippen LogP contribution in [0, 0.1) is 5.92 Å². The molecule has 2 unspecified atom stereocenters. The number of benzene rings is 1. The van der Waals surface area contributed by atoms with Crippen molar-refractivity contribution in [3.8, 4) is 0 Å². The van der Waals surface area contributed by atoms with Gasteiger partial charge in [0.25, 0.3) is 5.91 Å². The highest BCUT2D eigenvalue weighted by molar-refractivity contribution is 5.94. The Morgan fingerprint density at radius 3 is 3.05 bits per heavy atom. The van der Waals surface area contributed by atoms with Crippen LogP contribution in [0.3, 0.4) is 0 Å². The van der Waals surface area contributed by atoms with Gasteiger partial charge in [-0.25, -0.2) is 0 Å². The van der Waals surface area contributed by atoms with Crippen LogP contribution >= 0.6 is 0 Å². The topological polar surface area (TPSA) is 58.6 Å². The largest absolute Gasteiger partial charge is 0.396 e. The van der Waals surface area contributed by atoms with Gasteiger partial charge in [0.2, 0.25) is 0 Å². The summed E-state index contributed by atoms with van der Waals surface area (Å²) in [4.78, 5) is 12.2. The molecule has 0 radical (unpaired) electrons. The summed E-state index contributed by atoms with van der Waals surface area (Å²) in [5.41, 5.74) is 1.64. The standard InChI is InChI=1S/C15H21NO3/c1-19-10-11-4-2-5-12(8-11)15(18)16-14-7-3-6-13(14)9-17/h2,4-5,8,13-14,17H,3,6-7,9-10H2,1H3,(H,16,18). The maximum absolute atomic E-state index is 12.2. The van der Waals surface area contributed by atoms with Crippen molar-refractivity contribution in [2.45, 2.75) is 31.9 Å². The maximum Gasteiger partial charge on any atom is 0.251 e. The lowest BCUT2D eigenvalue weighted by Crippen LogP contribution is -2.38. The van der Waals surface area contributed by atoms with E-state index in [1.165, 1.54) is 0 Å². The van der Waals surface area contributed by atoms with Crippen LogP contribution in [0.1, 0.15) is 35.2 Å². The molecule has 2 N–H and O–H groups in total. The Labute approximate surface area is 113 Å². The molecule has 2 rings (SSSR count). The summed E-state index contributed by atoms with van der Waals surface area (Å²) in [5, 5.41) is 12.3. The normalized spacial score (nSPS) is 22.4. The quantitative estimate of drug-likeness (QED) is 0.850. The molecular weight excluding hydrogens is 242 g/mol. The Hall–Kier alpha value is -1.39. The SMILES string of the molecule is COCc1cccc(C(=O)NC2CCCC2CO)c1. The summed E-state index contributed by atoms with van der Waals surface area (Å²) in [6.45, 7) is 0.651. The second kappa shape index (κ2) is 6.68. The fraction of sp³-hybridized carbons (Fsp3) is 0.533. The predicted octanol–water partition coefficient (Wildman–Crippen LogP) is 1.72. The number of carbonyl (C=O) groups excluding carboxylic acids is 1. The number of ether oxygens (including phenoxy) is 1. The van der Waals surface area contributed by atoms with Crippen molar-refractivity contribution in [2.24, 2.45) is 5.92 Å². The third-order valence-corrected chi connectivity index (χ3v) is 3.71. The number of aliphatic hydroxyl groups excluding tert-OH is 1. The molecule has 1 fully saturated rings. The summed E-state index contributed by atoms with van der Waals surface area (Å²) in [6, 6.07) is 7.55. The van der Waals surface area contributed by atoms with Crippen LogP contribution in [0.25, 0.3) is 0 Å². The van der Waals surface area contributed by atoms with Gasteiger partial charge in [-0.2, -0.15) is 0 Å². The summed E-state index contributed by atoms with van der Waals surface area (Å²) in [6.07, 6.45) is 3.01. The zero-order valence-corrected chi connectivity index (χ0v) is 11.3. The predicted molar refractivity (Wildman–Crippen MR) is 72.8 cm³/mol. The van der Waals surface area contributed by atoms with Gasteiger partial charge >= 0.3 is 0 Å². The summed E-state index contributed by atoms with van der Waals surface area (Å²) in [7, 11) is 1.64. The van der Waals surface area contributed by atoms with Crippen molar-refractivity contribution in [3.05, 3.63) is 35.4 Å². The van der Waals surface area contributed by atoms with Gasteiger partial charge in [0, 0.05) is 31.2 Å². The van der Waals surface area contributed by atoms with Gasteiger partial charge in [-0.15, -0.1) is 0 Å². The first-order valence-corrected chi connectivity index (χ1v) is 6.74. The first kappa shape index (κ1) is 14.0. The van der Waals surface area contributed by atoms with Crippen LogP contribution in [-0.4, -0.2) is 30.8 Å². The van der Waals surface area contributed by atoms with Crippen LogP contribution in [0.4, 0.5) is 0 Å². The minimum Gasteiger partial charge on any atom is -0.396 e. The van der Waals surface area contributed by atoms with E-state index in [4.69, 9.17) is 4.74 Å². The van der Waals surface area contributed by atoms with E-state index < -0.39 is 0 Å². The molecule has 0 saturated heterocycles. The fourth-order valence-electron chi connectivity index (χ4n) is 2.67. The Morgan fingerprint density at radius 1 is 1.47 bits per heavy atom. The Morgan fingerprint density at radius 2 is 2.32 bits per heavy atom. The number of rotatable bonds is 5. The highest BCUT2D eigenvalue weighted by Crippen LogP contribution is 2.25. The minimum atomic E-state index is -0.0664. The van der Waals surface area contributed by atoms with E-state index in [0.717, 1.165) is 24.8 Å². The molecule has 1 aromatic rings. The monoisotopic (exact) mass is 263 g/mol. The van der Waals surface area contributed by atoms with E-state index in [9.17, 15) is 9.90 Å². The number of aliphatic hydroxyl groups is 1. The fourth-order valence-corrected chi connectivity index (χ4v) is 2.67. The third kappa shape index (κ3) is 3.55. The molecule has 4 nitrogen and oxygen atoms in total. The molecule has 0 spiro atoms. The van der Waals surface area contributed by atoms with E-state index in [-0.39, 0.29) is 24.5 Å². The van der Waals surface area contributed by atoms with Crippen molar-refractivity contribution in [1.29, 1.82) is 0 Å². The second-order valence-corrected chi connectivity index (χ2v) is 5.09. The smallest absolute Gasteiger partial charge is 0.251 e. The first-order chi connectivity index (χ1) is 9.24. The van der Waals surface area contributed by atoms with Gasteiger partial charge in [0.1, 0.15) is 0 Å². The molecule has 19 heavy (non-hydrogen) atoms. The molecule has 1 aliphatic carbocycles. The molecule has 0 aromatic heterocycles. The summed E-state index contributed by atoms with van der Waals surface area (Å²) >= 11 is 0. The number of carbonyl (C=O) groups is 1. The van der Waals surface area contributed by atoms with Crippen LogP contribution in [-0.2, 0) is 11.3 Å².